The van der Waals surface area contributed by atoms with Crippen molar-refractivity contribution in [3.05, 3.63) is 0 Å². The lowest BCUT2D eigenvalue weighted by molar-refractivity contribution is 0.0752. The maximum Gasteiger partial charge on any atom is 0.0419 e. The van der Waals surface area contributed by atoms with Crippen molar-refractivity contribution in [1.82, 2.24) is 10.3 Å². The van der Waals surface area contributed by atoms with E-state index in [1.807, 2.05) is 0 Å². The molecule has 0 aliphatic heterocycles. The van der Waals surface area contributed by atoms with Crippen molar-refractivity contribution in [3.63, 3.8) is 0 Å². The summed E-state index contributed by atoms with van der Waals surface area (Å²) >= 11 is 0. The van der Waals surface area contributed by atoms with Crippen LogP contribution in [0.4, 0.5) is 0 Å². The third-order valence-corrected chi connectivity index (χ3v) is 4.96. The molecule has 2 unspecified atom stereocenters. The Balaban J connectivity index is 2.79. The lowest BCUT2D eigenvalue weighted by atomic mass is 9.77. The topological polar surface area (TPSA) is 41.3 Å². The molecular weight excluding hydrogens is 210 g/mol. The first-order valence-corrected chi connectivity index (χ1v) is 7.19. The summed E-state index contributed by atoms with van der Waals surface area (Å²) in [7, 11) is 4.34. The van der Waals surface area contributed by atoms with Crippen molar-refractivity contribution < 1.29 is 0 Å². The SMILES string of the molecule is CCC(C)(C(NN)C1CCCCCC1)N(C)C. The van der Waals surface area contributed by atoms with Crippen LogP contribution in [0.1, 0.15) is 58.8 Å². The molecule has 0 aromatic carbocycles. The second-order valence-electron chi connectivity index (χ2n) is 6.00. The largest absolute Gasteiger partial charge is 0.302 e. The summed E-state index contributed by atoms with van der Waals surface area (Å²) in [6, 6.07) is 0.403. The molecule has 102 valence electrons. The van der Waals surface area contributed by atoms with Crippen molar-refractivity contribution in [2.24, 2.45) is 11.8 Å². The van der Waals surface area contributed by atoms with Gasteiger partial charge in [0.1, 0.15) is 0 Å². The number of nitrogens with zero attached hydrogens (tertiary/aromatic N) is 1. The van der Waals surface area contributed by atoms with Crippen LogP contribution in [0.25, 0.3) is 0 Å². The highest BCUT2D eigenvalue weighted by Crippen LogP contribution is 2.33. The van der Waals surface area contributed by atoms with E-state index < -0.39 is 0 Å². The van der Waals surface area contributed by atoms with Gasteiger partial charge >= 0.3 is 0 Å². The van der Waals surface area contributed by atoms with Crippen LogP contribution in [0, 0.1) is 5.92 Å². The summed E-state index contributed by atoms with van der Waals surface area (Å²) < 4.78 is 0. The van der Waals surface area contributed by atoms with Crippen LogP contribution in [-0.2, 0) is 0 Å². The zero-order valence-corrected chi connectivity index (χ0v) is 12.1. The summed E-state index contributed by atoms with van der Waals surface area (Å²) in [5, 5.41) is 0. The van der Waals surface area contributed by atoms with Gasteiger partial charge in [0.05, 0.1) is 0 Å². The van der Waals surface area contributed by atoms with E-state index in [0.717, 1.165) is 12.3 Å². The Hall–Kier alpha value is -0.120. The van der Waals surface area contributed by atoms with Gasteiger partial charge in [-0.15, -0.1) is 0 Å². The molecule has 0 bridgehead atoms. The maximum atomic E-state index is 5.88. The minimum atomic E-state index is 0.157. The van der Waals surface area contributed by atoms with Crippen LogP contribution in [-0.4, -0.2) is 30.6 Å². The van der Waals surface area contributed by atoms with E-state index in [4.69, 9.17) is 5.84 Å². The summed E-state index contributed by atoms with van der Waals surface area (Å²) in [6.45, 7) is 4.60. The molecule has 3 heteroatoms. The van der Waals surface area contributed by atoms with Crippen LogP contribution < -0.4 is 11.3 Å². The highest BCUT2D eigenvalue weighted by Gasteiger charge is 2.38. The van der Waals surface area contributed by atoms with Crippen LogP contribution in [0.5, 0.6) is 0 Å². The summed E-state index contributed by atoms with van der Waals surface area (Å²) in [5.41, 5.74) is 3.29. The van der Waals surface area contributed by atoms with E-state index in [2.05, 4.69) is 38.3 Å². The minimum Gasteiger partial charge on any atom is -0.302 e. The van der Waals surface area contributed by atoms with Gasteiger partial charge < -0.3 is 4.90 Å². The summed E-state index contributed by atoms with van der Waals surface area (Å²) in [6.07, 6.45) is 9.34. The number of hydrogen-bond donors (Lipinski definition) is 2. The Labute approximate surface area is 107 Å². The van der Waals surface area contributed by atoms with Crippen molar-refractivity contribution in [3.8, 4) is 0 Å². The lowest BCUT2D eigenvalue weighted by Crippen LogP contribution is -2.61. The van der Waals surface area contributed by atoms with E-state index in [-0.39, 0.29) is 5.54 Å². The van der Waals surface area contributed by atoms with Crippen LogP contribution in [0.3, 0.4) is 0 Å². The molecule has 0 radical (unpaired) electrons. The second-order valence-corrected chi connectivity index (χ2v) is 6.00. The number of likely N-dealkylation sites (N-methyl/N-ethyl adjacent to an activating group) is 1. The molecule has 0 spiro atoms. The molecule has 1 aliphatic rings. The van der Waals surface area contributed by atoms with Gasteiger partial charge in [-0.3, -0.25) is 11.3 Å². The molecule has 1 aliphatic carbocycles. The average molecular weight is 241 g/mol. The predicted octanol–water partition coefficient (Wildman–Crippen LogP) is 2.52. The first-order valence-electron chi connectivity index (χ1n) is 7.19. The number of rotatable bonds is 5. The molecule has 0 aromatic heterocycles. The minimum absolute atomic E-state index is 0.157. The zero-order valence-electron chi connectivity index (χ0n) is 12.1. The summed E-state index contributed by atoms with van der Waals surface area (Å²) in [4.78, 5) is 2.34. The normalized spacial score (nSPS) is 24.4. The lowest BCUT2D eigenvalue weighted by Gasteiger charge is -2.45. The number of nitrogens with one attached hydrogen (secondary N) is 1. The first kappa shape index (κ1) is 14.9. The van der Waals surface area contributed by atoms with E-state index in [0.29, 0.717) is 6.04 Å². The molecule has 0 amide bonds. The van der Waals surface area contributed by atoms with Crippen LogP contribution >= 0.6 is 0 Å². The third kappa shape index (κ3) is 3.43. The summed E-state index contributed by atoms with van der Waals surface area (Å²) in [5.74, 6) is 6.61. The van der Waals surface area contributed by atoms with Gasteiger partial charge in [0.2, 0.25) is 0 Å². The molecule has 0 saturated heterocycles. The zero-order chi connectivity index (χ0) is 12.9. The fourth-order valence-electron chi connectivity index (χ4n) is 3.28. The standard InChI is InChI=1S/C14H31N3/c1-5-14(2,17(3)4)13(16-15)12-10-8-6-7-9-11-12/h12-13,16H,5-11,15H2,1-4H3. The van der Waals surface area contributed by atoms with E-state index in [9.17, 15) is 0 Å². The molecule has 0 heterocycles. The van der Waals surface area contributed by atoms with Gasteiger partial charge in [0.25, 0.3) is 0 Å². The van der Waals surface area contributed by atoms with Crippen molar-refractivity contribution in [1.29, 1.82) is 0 Å². The maximum absolute atomic E-state index is 5.88. The smallest absolute Gasteiger partial charge is 0.0419 e. The van der Waals surface area contributed by atoms with Gasteiger partial charge in [-0.25, -0.2) is 0 Å². The van der Waals surface area contributed by atoms with E-state index in [1.165, 1.54) is 38.5 Å². The molecule has 1 rings (SSSR count). The van der Waals surface area contributed by atoms with Gasteiger partial charge in [-0.05, 0) is 46.2 Å². The molecule has 3 nitrogen and oxygen atoms in total. The molecule has 0 aromatic rings. The van der Waals surface area contributed by atoms with E-state index >= 15 is 0 Å². The van der Waals surface area contributed by atoms with Gasteiger partial charge in [0.15, 0.2) is 0 Å². The first-order chi connectivity index (χ1) is 8.06. The fraction of sp³-hybridized carbons (Fsp3) is 1.00. The Morgan fingerprint density at radius 3 is 2.12 bits per heavy atom. The molecule has 3 N–H and O–H groups in total. The molecule has 17 heavy (non-hydrogen) atoms. The number of hydrazine groups is 1. The van der Waals surface area contributed by atoms with Gasteiger partial charge in [-0.2, -0.15) is 0 Å². The third-order valence-electron chi connectivity index (χ3n) is 4.96. The molecule has 2 atom stereocenters. The predicted molar refractivity (Wildman–Crippen MR) is 74.7 cm³/mol. The Bertz CT molecular complexity index is 210. The Morgan fingerprint density at radius 1 is 1.24 bits per heavy atom. The monoisotopic (exact) mass is 241 g/mol. The van der Waals surface area contributed by atoms with Gasteiger partial charge in [-0.1, -0.05) is 32.6 Å². The number of hydrogen-bond acceptors (Lipinski definition) is 3. The quantitative estimate of drug-likeness (QED) is 0.441. The van der Waals surface area contributed by atoms with Crippen LogP contribution in [0.2, 0.25) is 0 Å². The molecule has 1 saturated carbocycles. The van der Waals surface area contributed by atoms with Crippen LogP contribution in [0.15, 0.2) is 0 Å². The van der Waals surface area contributed by atoms with Crippen molar-refractivity contribution >= 4 is 0 Å². The van der Waals surface area contributed by atoms with E-state index in [1.54, 1.807) is 0 Å². The molecular formula is C14H31N3. The van der Waals surface area contributed by atoms with Gasteiger partial charge in [0, 0.05) is 11.6 Å². The second kappa shape index (κ2) is 6.72. The Kier molecular flexibility index (Phi) is 5.90. The highest BCUT2D eigenvalue weighted by atomic mass is 15.3. The fourth-order valence-corrected chi connectivity index (χ4v) is 3.28. The highest BCUT2D eigenvalue weighted by molar-refractivity contribution is 4.97. The average Bonchev–Trinajstić information content (AvgIpc) is 2.58. The number of nitrogens with two attached hydrogens (primary N) is 1. The van der Waals surface area contributed by atoms with Crippen molar-refractivity contribution in [2.75, 3.05) is 14.1 Å². The molecule has 1 fully saturated rings. The Morgan fingerprint density at radius 2 is 1.76 bits per heavy atom. The van der Waals surface area contributed by atoms with Crippen molar-refractivity contribution in [2.45, 2.75) is 70.4 Å².